The summed E-state index contributed by atoms with van der Waals surface area (Å²) in [6, 6.07) is 9.17. The summed E-state index contributed by atoms with van der Waals surface area (Å²) in [5, 5.41) is 4.77. The van der Waals surface area contributed by atoms with Crippen molar-refractivity contribution in [2.75, 3.05) is 13.2 Å². The second kappa shape index (κ2) is 8.72. The van der Waals surface area contributed by atoms with Gasteiger partial charge >= 0.3 is 0 Å². The SMILES string of the molecule is CCNC(=O)/C=C(\C)c1cc2c(-c3ccc(Cl)cc3Cl)coc2cc1OCC. The molecule has 2 aromatic carbocycles. The van der Waals surface area contributed by atoms with Gasteiger partial charge in [0, 0.05) is 45.8 Å². The molecule has 0 atom stereocenters. The van der Waals surface area contributed by atoms with E-state index in [1.54, 1.807) is 24.5 Å². The van der Waals surface area contributed by atoms with Gasteiger partial charge in [0.05, 0.1) is 17.9 Å². The van der Waals surface area contributed by atoms with Crippen LogP contribution in [0.3, 0.4) is 0 Å². The molecule has 0 aliphatic heterocycles. The highest BCUT2D eigenvalue weighted by Gasteiger charge is 2.16. The molecule has 146 valence electrons. The maximum absolute atomic E-state index is 12.0. The van der Waals surface area contributed by atoms with Crippen molar-refractivity contribution in [3.63, 3.8) is 0 Å². The van der Waals surface area contributed by atoms with Crippen molar-refractivity contribution in [1.29, 1.82) is 0 Å². The van der Waals surface area contributed by atoms with Crippen molar-refractivity contribution in [3.8, 4) is 16.9 Å². The molecule has 0 aliphatic rings. The van der Waals surface area contributed by atoms with Crippen LogP contribution in [-0.2, 0) is 4.79 Å². The number of benzene rings is 2. The zero-order chi connectivity index (χ0) is 20.3. The number of halogens is 2. The molecular weight excluding hydrogens is 397 g/mol. The lowest BCUT2D eigenvalue weighted by atomic mass is 9.99. The smallest absolute Gasteiger partial charge is 0.244 e. The molecule has 0 aliphatic carbocycles. The molecule has 1 aromatic heterocycles. The summed E-state index contributed by atoms with van der Waals surface area (Å²) in [7, 11) is 0. The average Bonchev–Trinajstić information content (AvgIpc) is 3.04. The number of hydrogen-bond donors (Lipinski definition) is 1. The van der Waals surface area contributed by atoms with Crippen LogP contribution in [0.5, 0.6) is 5.75 Å². The Kier molecular flexibility index (Phi) is 6.32. The summed E-state index contributed by atoms with van der Waals surface area (Å²) in [4.78, 5) is 12.0. The summed E-state index contributed by atoms with van der Waals surface area (Å²) in [5.41, 5.74) is 3.98. The zero-order valence-electron chi connectivity index (χ0n) is 15.9. The number of hydrogen-bond acceptors (Lipinski definition) is 3. The van der Waals surface area contributed by atoms with Gasteiger partial charge in [0.2, 0.25) is 5.91 Å². The first-order valence-corrected chi connectivity index (χ1v) is 9.80. The highest BCUT2D eigenvalue weighted by atomic mass is 35.5. The second-order valence-corrected chi connectivity index (χ2v) is 7.12. The van der Waals surface area contributed by atoms with E-state index in [1.165, 1.54) is 0 Å². The van der Waals surface area contributed by atoms with E-state index < -0.39 is 0 Å². The number of nitrogens with one attached hydrogen (secondary N) is 1. The molecule has 1 heterocycles. The van der Waals surface area contributed by atoms with Gasteiger partial charge in [-0.15, -0.1) is 0 Å². The maximum Gasteiger partial charge on any atom is 0.244 e. The Morgan fingerprint density at radius 3 is 2.64 bits per heavy atom. The van der Waals surface area contributed by atoms with Crippen molar-refractivity contribution in [2.24, 2.45) is 0 Å². The Balaban J connectivity index is 2.17. The van der Waals surface area contributed by atoms with Crippen LogP contribution in [0.2, 0.25) is 10.0 Å². The summed E-state index contributed by atoms with van der Waals surface area (Å²) in [6.45, 7) is 6.75. The Morgan fingerprint density at radius 1 is 1.18 bits per heavy atom. The predicted molar refractivity (Wildman–Crippen MR) is 115 cm³/mol. The zero-order valence-corrected chi connectivity index (χ0v) is 17.4. The molecule has 4 nitrogen and oxygen atoms in total. The van der Waals surface area contributed by atoms with E-state index in [-0.39, 0.29) is 5.91 Å². The molecule has 0 spiro atoms. The van der Waals surface area contributed by atoms with Gasteiger partial charge in [-0.25, -0.2) is 0 Å². The molecule has 28 heavy (non-hydrogen) atoms. The van der Waals surface area contributed by atoms with Gasteiger partial charge < -0.3 is 14.5 Å². The van der Waals surface area contributed by atoms with Crippen LogP contribution in [0, 0.1) is 0 Å². The predicted octanol–water partition coefficient (Wildman–Crippen LogP) is 6.34. The van der Waals surface area contributed by atoms with Gasteiger partial charge in [-0.3, -0.25) is 4.79 Å². The van der Waals surface area contributed by atoms with Gasteiger partial charge in [-0.05, 0) is 44.5 Å². The summed E-state index contributed by atoms with van der Waals surface area (Å²) in [5.74, 6) is 0.520. The van der Waals surface area contributed by atoms with Crippen molar-refractivity contribution in [1.82, 2.24) is 5.32 Å². The average molecular weight is 418 g/mol. The number of carbonyl (C=O) groups excluding carboxylic acids is 1. The van der Waals surface area contributed by atoms with E-state index in [0.29, 0.717) is 34.5 Å². The fourth-order valence-electron chi connectivity index (χ4n) is 3.05. The number of furan rings is 1. The molecule has 0 bridgehead atoms. The van der Waals surface area contributed by atoms with Crippen molar-refractivity contribution in [2.45, 2.75) is 20.8 Å². The number of carbonyl (C=O) groups is 1. The molecule has 3 rings (SSSR count). The number of amides is 1. The highest BCUT2D eigenvalue weighted by molar-refractivity contribution is 6.36. The van der Waals surface area contributed by atoms with Crippen LogP contribution in [0.1, 0.15) is 26.3 Å². The second-order valence-electron chi connectivity index (χ2n) is 6.27. The van der Waals surface area contributed by atoms with E-state index in [0.717, 1.165) is 27.6 Å². The molecule has 0 fully saturated rings. The number of rotatable bonds is 6. The fourth-order valence-corrected chi connectivity index (χ4v) is 3.56. The molecule has 6 heteroatoms. The minimum atomic E-state index is -0.143. The van der Waals surface area contributed by atoms with Crippen LogP contribution >= 0.6 is 23.2 Å². The first-order chi connectivity index (χ1) is 13.4. The highest BCUT2D eigenvalue weighted by Crippen LogP contribution is 2.40. The first kappa shape index (κ1) is 20.3. The lowest BCUT2D eigenvalue weighted by Gasteiger charge is -2.12. The molecule has 0 saturated carbocycles. The Morgan fingerprint density at radius 2 is 1.96 bits per heavy atom. The van der Waals surface area contributed by atoms with E-state index in [2.05, 4.69) is 5.32 Å². The van der Waals surface area contributed by atoms with E-state index in [4.69, 9.17) is 32.4 Å². The van der Waals surface area contributed by atoms with Gasteiger partial charge in [0.15, 0.2) is 0 Å². The third kappa shape index (κ3) is 4.18. The lowest BCUT2D eigenvalue weighted by Crippen LogP contribution is -2.20. The largest absolute Gasteiger partial charge is 0.493 e. The quantitative estimate of drug-likeness (QED) is 0.475. The third-order valence-electron chi connectivity index (χ3n) is 4.32. The molecular formula is C22H21Cl2NO3. The summed E-state index contributed by atoms with van der Waals surface area (Å²) >= 11 is 12.4. The molecule has 0 saturated heterocycles. The number of ether oxygens (including phenoxy) is 1. The van der Waals surface area contributed by atoms with Crippen LogP contribution in [0.4, 0.5) is 0 Å². The summed E-state index contributed by atoms with van der Waals surface area (Å²) in [6.07, 6.45) is 3.24. The number of fused-ring (bicyclic) bond motifs is 1. The minimum Gasteiger partial charge on any atom is -0.493 e. The maximum atomic E-state index is 12.0. The minimum absolute atomic E-state index is 0.143. The Hall–Kier alpha value is -2.43. The van der Waals surface area contributed by atoms with Crippen LogP contribution < -0.4 is 10.1 Å². The van der Waals surface area contributed by atoms with Crippen molar-refractivity contribution >= 4 is 45.7 Å². The van der Waals surface area contributed by atoms with Crippen molar-refractivity contribution in [3.05, 3.63) is 58.3 Å². The van der Waals surface area contributed by atoms with Gasteiger partial charge in [-0.1, -0.05) is 29.3 Å². The monoisotopic (exact) mass is 417 g/mol. The van der Waals surface area contributed by atoms with Crippen LogP contribution in [-0.4, -0.2) is 19.1 Å². The first-order valence-electron chi connectivity index (χ1n) is 9.04. The summed E-state index contributed by atoms with van der Waals surface area (Å²) < 4.78 is 11.5. The van der Waals surface area contributed by atoms with E-state index >= 15 is 0 Å². The van der Waals surface area contributed by atoms with Gasteiger partial charge in [0.1, 0.15) is 11.3 Å². The Bertz CT molecular complexity index is 1050. The van der Waals surface area contributed by atoms with E-state index in [1.807, 2.05) is 39.0 Å². The van der Waals surface area contributed by atoms with Crippen molar-refractivity contribution < 1.29 is 13.9 Å². The Labute approximate surface area is 174 Å². The fraction of sp³-hybridized carbons (Fsp3) is 0.227. The van der Waals surface area contributed by atoms with Gasteiger partial charge in [0.25, 0.3) is 0 Å². The molecule has 0 radical (unpaired) electrons. The lowest BCUT2D eigenvalue weighted by molar-refractivity contribution is -0.116. The van der Waals surface area contributed by atoms with E-state index in [9.17, 15) is 4.79 Å². The molecule has 1 N–H and O–H groups in total. The van der Waals surface area contributed by atoms with Crippen LogP contribution in [0.15, 0.2) is 47.1 Å². The molecule has 3 aromatic rings. The normalized spacial score (nSPS) is 11.7. The molecule has 0 unspecified atom stereocenters. The number of allylic oxidation sites excluding steroid dienone is 1. The number of likely N-dealkylation sites (N-methyl/N-ethyl adjacent to an activating group) is 1. The topological polar surface area (TPSA) is 51.5 Å². The van der Waals surface area contributed by atoms with Gasteiger partial charge in [-0.2, -0.15) is 0 Å². The van der Waals surface area contributed by atoms with Crippen LogP contribution in [0.25, 0.3) is 27.7 Å². The molecule has 1 amide bonds. The third-order valence-corrected chi connectivity index (χ3v) is 4.87. The standard InChI is InChI=1S/C22H21Cl2NO3/c1-4-25-22(26)8-13(3)16-10-17-18(15-7-6-14(23)9-19(15)24)12-28-21(17)11-20(16)27-5-2/h6-12H,4-5H2,1-3H3,(H,25,26)/b13-8+.